The number of rotatable bonds is 7. The fraction of sp³-hybridized carbons (Fsp3) is 0.308. The zero-order valence-corrected chi connectivity index (χ0v) is 19.6. The van der Waals surface area contributed by atoms with Gasteiger partial charge in [0.1, 0.15) is 12.4 Å². The highest BCUT2D eigenvalue weighted by molar-refractivity contribution is 5.96. The van der Waals surface area contributed by atoms with Gasteiger partial charge in [-0.15, -0.1) is 0 Å². The monoisotopic (exact) mass is 495 g/mol. The van der Waals surface area contributed by atoms with Gasteiger partial charge in [0, 0.05) is 31.8 Å². The second-order valence-corrected chi connectivity index (χ2v) is 8.49. The standard InChI is InChI=1S/C22H25N3O3.C4H4O4/c26-21-19-10-18(11-23-13-19)14-25(21)22(27)24-12-16-6-8-20(9-7-16)28-15-17-4-2-1-3-5-17;5-3(6)1-2-4(7)8/h1-9,18-19,23H,10-15H2,(H,24,27);1-2H,(H,5,6)(H,7,8)/b;2-1+. The average molecular weight is 496 g/mol. The van der Waals surface area contributed by atoms with Crippen molar-refractivity contribution in [3.63, 3.8) is 0 Å². The third-order valence-corrected chi connectivity index (χ3v) is 5.73. The number of carbonyl (C=O) groups is 4. The quantitative estimate of drug-likeness (QED) is 0.428. The first-order valence-electron chi connectivity index (χ1n) is 11.5. The predicted molar refractivity (Wildman–Crippen MR) is 130 cm³/mol. The molecule has 2 aliphatic heterocycles. The van der Waals surface area contributed by atoms with E-state index in [0.29, 0.717) is 44.3 Å². The molecule has 0 saturated carbocycles. The molecule has 2 aromatic rings. The maximum absolute atomic E-state index is 12.5. The molecule has 190 valence electrons. The fourth-order valence-electron chi connectivity index (χ4n) is 3.97. The number of carboxylic acid groups (broad SMARTS) is 2. The number of nitrogens with zero attached hydrogens (tertiary/aromatic N) is 1. The van der Waals surface area contributed by atoms with E-state index < -0.39 is 11.9 Å². The summed E-state index contributed by atoms with van der Waals surface area (Å²) < 4.78 is 5.78. The highest BCUT2D eigenvalue weighted by Crippen LogP contribution is 2.25. The molecule has 10 nitrogen and oxygen atoms in total. The summed E-state index contributed by atoms with van der Waals surface area (Å²) in [6.07, 6.45) is 2.00. The zero-order chi connectivity index (χ0) is 25.9. The van der Waals surface area contributed by atoms with Crippen LogP contribution >= 0.6 is 0 Å². The molecular formula is C26H29N3O7. The molecule has 0 spiro atoms. The topological polar surface area (TPSA) is 145 Å². The Hall–Kier alpha value is -4.18. The number of carbonyl (C=O) groups excluding carboxylic acids is 2. The number of likely N-dealkylation sites (tertiary alicyclic amines) is 1. The smallest absolute Gasteiger partial charge is 0.328 e. The van der Waals surface area contributed by atoms with Crippen molar-refractivity contribution in [2.75, 3.05) is 19.6 Å². The summed E-state index contributed by atoms with van der Waals surface area (Å²) >= 11 is 0. The molecule has 4 N–H and O–H groups in total. The van der Waals surface area contributed by atoms with Gasteiger partial charge in [-0.05, 0) is 42.1 Å². The Morgan fingerprint density at radius 2 is 1.64 bits per heavy atom. The Bertz CT molecular complexity index is 1070. The van der Waals surface area contributed by atoms with E-state index in [2.05, 4.69) is 10.6 Å². The highest BCUT2D eigenvalue weighted by Gasteiger charge is 2.39. The first-order valence-corrected chi connectivity index (χ1v) is 11.5. The predicted octanol–water partition coefficient (Wildman–Crippen LogP) is 2.25. The van der Waals surface area contributed by atoms with E-state index >= 15 is 0 Å². The van der Waals surface area contributed by atoms with Crippen molar-refractivity contribution < 1.29 is 34.1 Å². The minimum Gasteiger partial charge on any atom is -0.489 e. The fourth-order valence-corrected chi connectivity index (χ4v) is 3.97. The number of hydrogen-bond donors (Lipinski definition) is 4. The lowest BCUT2D eigenvalue weighted by molar-refractivity contribution is -0.137. The van der Waals surface area contributed by atoms with Crippen molar-refractivity contribution in [2.45, 2.75) is 19.6 Å². The SMILES string of the molecule is O=C(NCc1ccc(OCc2ccccc2)cc1)N1CC2CNCC(C2)C1=O.O=C(O)/C=C/C(=O)O. The first-order chi connectivity index (χ1) is 17.3. The van der Waals surface area contributed by atoms with E-state index in [0.717, 1.165) is 29.8 Å². The van der Waals surface area contributed by atoms with Gasteiger partial charge in [0.2, 0.25) is 5.91 Å². The average Bonchev–Trinajstić information content (AvgIpc) is 2.89. The molecule has 2 bridgehead atoms. The maximum atomic E-state index is 12.5. The van der Waals surface area contributed by atoms with E-state index in [1.165, 1.54) is 4.90 Å². The number of ether oxygens (including phenoxy) is 1. The Morgan fingerprint density at radius 1 is 0.972 bits per heavy atom. The van der Waals surface area contributed by atoms with Gasteiger partial charge < -0.3 is 25.6 Å². The molecule has 0 radical (unpaired) electrons. The Morgan fingerprint density at radius 3 is 2.28 bits per heavy atom. The number of nitrogens with one attached hydrogen (secondary N) is 2. The number of fused-ring (bicyclic) bond motifs is 2. The summed E-state index contributed by atoms with van der Waals surface area (Å²) in [5.41, 5.74) is 2.08. The third kappa shape index (κ3) is 8.24. The van der Waals surface area contributed by atoms with Crippen LogP contribution in [0.3, 0.4) is 0 Å². The molecule has 4 rings (SSSR count). The number of amides is 3. The van der Waals surface area contributed by atoms with Crippen LogP contribution in [0.4, 0.5) is 4.79 Å². The van der Waals surface area contributed by atoms with Crippen molar-refractivity contribution in [1.29, 1.82) is 0 Å². The molecule has 0 aliphatic carbocycles. The van der Waals surface area contributed by atoms with Crippen LogP contribution in [0.5, 0.6) is 5.75 Å². The van der Waals surface area contributed by atoms with Crippen LogP contribution in [-0.2, 0) is 27.5 Å². The first kappa shape index (κ1) is 26.4. The van der Waals surface area contributed by atoms with Gasteiger partial charge in [-0.25, -0.2) is 14.4 Å². The van der Waals surface area contributed by atoms with Crippen LogP contribution in [0.15, 0.2) is 66.7 Å². The summed E-state index contributed by atoms with van der Waals surface area (Å²) in [6.45, 7) is 2.95. The minimum absolute atomic E-state index is 0.0643. The van der Waals surface area contributed by atoms with E-state index in [4.69, 9.17) is 14.9 Å². The number of hydrogen-bond acceptors (Lipinski definition) is 6. The summed E-state index contributed by atoms with van der Waals surface area (Å²) in [5.74, 6) is -1.50. The van der Waals surface area contributed by atoms with Crippen molar-refractivity contribution >= 4 is 23.9 Å². The van der Waals surface area contributed by atoms with Gasteiger partial charge in [0.05, 0.1) is 5.92 Å². The van der Waals surface area contributed by atoms with E-state index in [-0.39, 0.29) is 17.9 Å². The molecule has 2 aromatic carbocycles. The van der Waals surface area contributed by atoms with Crippen LogP contribution < -0.4 is 15.4 Å². The molecule has 0 aromatic heterocycles. The van der Waals surface area contributed by atoms with E-state index in [1.807, 2.05) is 54.6 Å². The largest absolute Gasteiger partial charge is 0.489 e. The van der Waals surface area contributed by atoms with Crippen LogP contribution in [-0.4, -0.2) is 58.6 Å². The highest BCUT2D eigenvalue weighted by atomic mass is 16.5. The van der Waals surface area contributed by atoms with Crippen molar-refractivity contribution in [1.82, 2.24) is 15.5 Å². The molecule has 2 fully saturated rings. The Balaban J connectivity index is 0.000000392. The lowest BCUT2D eigenvalue weighted by Gasteiger charge is -2.39. The van der Waals surface area contributed by atoms with Gasteiger partial charge in [0.25, 0.3) is 0 Å². The van der Waals surface area contributed by atoms with E-state index in [1.54, 1.807) is 0 Å². The number of carboxylic acids is 2. The normalized spacial score (nSPS) is 18.7. The van der Waals surface area contributed by atoms with Gasteiger partial charge in [-0.2, -0.15) is 0 Å². The molecule has 3 amide bonds. The Kier molecular flexibility index (Phi) is 9.58. The van der Waals surface area contributed by atoms with Crippen molar-refractivity contribution in [3.8, 4) is 5.75 Å². The summed E-state index contributed by atoms with van der Waals surface area (Å²) in [5, 5.41) is 21.8. The third-order valence-electron chi connectivity index (χ3n) is 5.73. The van der Waals surface area contributed by atoms with Crippen LogP contribution in [0.2, 0.25) is 0 Å². The number of benzene rings is 2. The van der Waals surface area contributed by atoms with Crippen molar-refractivity contribution in [2.24, 2.45) is 11.8 Å². The van der Waals surface area contributed by atoms with Gasteiger partial charge in [-0.3, -0.25) is 9.69 Å². The second kappa shape index (κ2) is 13.1. The zero-order valence-electron chi connectivity index (χ0n) is 19.6. The summed E-state index contributed by atoms with van der Waals surface area (Å²) in [7, 11) is 0. The maximum Gasteiger partial charge on any atom is 0.328 e. The number of urea groups is 1. The van der Waals surface area contributed by atoms with E-state index in [9.17, 15) is 19.2 Å². The second-order valence-electron chi connectivity index (χ2n) is 8.49. The number of aliphatic carboxylic acids is 2. The lowest BCUT2D eigenvalue weighted by atomic mass is 9.85. The molecule has 2 heterocycles. The van der Waals surface area contributed by atoms with Crippen LogP contribution in [0, 0.1) is 11.8 Å². The van der Waals surface area contributed by atoms with Gasteiger partial charge >= 0.3 is 18.0 Å². The van der Waals surface area contributed by atoms with Gasteiger partial charge in [0.15, 0.2) is 0 Å². The van der Waals surface area contributed by atoms with Crippen LogP contribution in [0.25, 0.3) is 0 Å². The van der Waals surface area contributed by atoms with Gasteiger partial charge in [-0.1, -0.05) is 42.5 Å². The lowest BCUT2D eigenvalue weighted by Crippen LogP contribution is -2.58. The molecule has 2 unspecified atom stereocenters. The Labute approximate surface area is 208 Å². The number of imide groups is 1. The summed E-state index contributed by atoms with van der Waals surface area (Å²) in [4.78, 5) is 45.4. The molecule has 2 atom stereocenters. The van der Waals surface area contributed by atoms with Crippen molar-refractivity contribution in [3.05, 3.63) is 77.9 Å². The molecule has 2 saturated heterocycles. The molecule has 10 heteroatoms. The molecule has 2 aliphatic rings. The van der Waals surface area contributed by atoms with Crippen LogP contribution in [0.1, 0.15) is 17.5 Å². The molecular weight excluding hydrogens is 466 g/mol. The molecule has 36 heavy (non-hydrogen) atoms. The summed E-state index contributed by atoms with van der Waals surface area (Å²) in [6, 6.07) is 17.3. The number of piperidine rings is 2. The minimum atomic E-state index is -1.26.